The van der Waals surface area contributed by atoms with Gasteiger partial charge in [-0.3, -0.25) is 4.79 Å². The third kappa shape index (κ3) is 4.20. The molecule has 6 nitrogen and oxygen atoms in total. The van der Waals surface area contributed by atoms with E-state index in [1.54, 1.807) is 0 Å². The number of thiophene rings is 1. The van der Waals surface area contributed by atoms with Crippen molar-refractivity contribution in [1.29, 1.82) is 0 Å². The molecule has 1 aliphatic rings. The van der Waals surface area contributed by atoms with Gasteiger partial charge in [-0.1, -0.05) is 18.2 Å². The summed E-state index contributed by atoms with van der Waals surface area (Å²) in [5.74, 6) is 0.750. The minimum atomic E-state index is -3.63. The number of ether oxygens (including phenoxy) is 1. The predicted molar refractivity (Wildman–Crippen MR) is 96.6 cm³/mol. The maximum atomic E-state index is 12.5. The molecule has 2 N–H and O–H groups in total. The fourth-order valence-corrected chi connectivity index (χ4v) is 5.08. The number of carbonyl (C=O) groups excluding carboxylic acids is 1. The number of rotatable bonds is 5. The van der Waals surface area contributed by atoms with E-state index in [0.29, 0.717) is 18.0 Å². The molecule has 8 heteroatoms. The number of fused-ring (bicyclic) bond motifs is 1. The Labute approximate surface area is 151 Å². The monoisotopic (exact) mass is 380 g/mol. The second-order valence-electron chi connectivity index (χ2n) is 5.89. The van der Waals surface area contributed by atoms with E-state index < -0.39 is 10.0 Å². The molecule has 1 amide bonds. The van der Waals surface area contributed by atoms with Crippen LogP contribution >= 0.6 is 11.3 Å². The Morgan fingerprint density at radius 1 is 1.36 bits per heavy atom. The van der Waals surface area contributed by atoms with Crippen molar-refractivity contribution >= 4 is 27.3 Å². The number of para-hydroxylation sites is 1. The summed E-state index contributed by atoms with van der Waals surface area (Å²) in [5, 5.41) is 3.97. The lowest BCUT2D eigenvalue weighted by Crippen LogP contribution is -2.30. The molecule has 25 heavy (non-hydrogen) atoms. The number of carbonyl (C=O) groups is 1. The molecule has 3 rings (SSSR count). The fraction of sp³-hybridized carbons (Fsp3) is 0.353. The third-order valence-corrected chi connectivity index (χ3v) is 6.64. The zero-order chi connectivity index (χ0) is 17.9. The number of hydrogen-bond acceptors (Lipinski definition) is 5. The van der Waals surface area contributed by atoms with Crippen LogP contribution in [0.25, 0.3) is 0 Å². The van der Waals surface area contributed by atoms with E-state index in [9.17, 15) is 13.2 Å². The Balaban J connectivity index is 1.66. The van der Waals surface area contributed by atoms with E-state index in [4.69, 9.17) is 4.74 Å². The molecule has 0 bridgehead atoms. The molecular formula is C17H20N2O4S2. The topological polar surface area (TPSA) is 84.5 Å². The van der Waals surface area contributed by atoms with Crippen LogP contribution in [0, 0.1) is 5.92 Å². The first kappa shape index (κ1) is 17.9. The lowest BCUT2D eigenvalue weighted by molar-refractivity contribution is 0.0967. The van der Waals surface area contributed by atoms with Crippen molar-refractivity contribution in [3.8, 4) is 5.75 Å². The van der Waals surface area contributed by atoms with Crippen molar-refractivity contribution in [3.63, 3.8) is 0 Å². The smallest absolute Gasteiger partial charge is 0.261 e. The standard InChI is InChI=1S/C17H20N2O4S2/c1-18-17(20)16-9-14(11-24-16)25(21,22)19-10-12-6-7-23-15-5-3-2-4-13(15)8-12/h2-5,9,11-12,19H,6-8,10H2,1H3,(H,18,20)/t12-/m0/s1. The molecule has 1 aromatic carbocycles. The van der Waals surface area contributed by atoms with Crippen LogP contribution in [-0.4, -0.2) is 34.5 Å². The van der Waals surface area contributed by atoms with Crippen molar-refractivity contribution in [2.24, 2.45) is 5.92 Å². The van der Waals surface area contributed by atoms with Crippen molar-refractivity contribution < 1.29 is 17.9 Å². The summed E-state index contributed by atoms with van der Waals surface area (Å²) >= 11 is 1.11. The van der Waals surface area contributed by atoms with Gasteiger partial charge >= 0.3 is 0 Å². The maximum Gasteiger partial charge on any atom is 0.261 e. The molecule has 1 aliphatic heterocycles. The number of amides is 1. The molecule has 0 saturated heterocycles. The van der Waals surface area contributed by atoms with Crippen LogP contribution < -0.4 is 14.8 Å². The van der Waals surface area contributed by atoms with E-state index in [1.165, 1.54) is 18.5 Å². The zero-order valence-electron chi connectivity index (χ0n) is 13.8. The Morgan fingerprint density at radius 2 is 2.16 bits per heavy atom. The van der Waals surface area contributed by atoms with Crippen LogP contribution in [0.4, 0.5) is 0 Å². The molecule has 2 aromatic rings. The lowest BCUT2D eigenvalue weighted by Gasteiger charge is -2.14. The quantitative estimate of drug-likeness (QED) is 0.831. The molecule has 1 aromatic heterocycles. The van der Waals surface area contributed by atoms with Gasteiger partial charge in [-0.05, 0) is 36.5 Å². The summed E-state index contributed by atoms with van der Waals surface area (Å²) in [6.45, 7) is 0.911. The number of nitrogens with one attached hydrogen (secondary N) is 2. The molecule has 0 saturated carbocycles. The molecule has 0 unspecified atom stereocenters. The van der Waals surface area contributed by atoms with Crippen LogP contribution in [0.3, 0.4) is 0 Å². The highest BCUT2D eigenvalue weighted by molar-refractivity contribution is 7.89. The second kappa shape index (κ2) is 7.55. The molecule has 1 atom stereocenters. The van der Waals surface area contributed by atoms with Gasteiger partial charge in [-0.25, -0.2) is 13.1 Å². The Kier molecular flexibility index (Phi) is 5.41. The molecule has 0 spiro atoms. The van der Waals surface area contributed by atoms with Crippen LogP contribution in [-0.2, 0) is 16.4 Å². The first-order valence-electron chi connectivity index (χ1n) is 8.00. The fourth-order valence-electron chi connectivity index (χ4n) is 2.75. The number of sulfonamides is 1. The van der Waals surface area contributed by atoms with E-state index in [2.05, 4.69) is 10.0 Å². The second-order valence-corrected chi connectivity index (χ2v) is 8.57. The van der Waals surface area contributed by atoms with Gasteiger partial charge in [-0.15, -0.1) is 11.3 Å². The molecule has 0 aliphatic carbocycles. The van der Waals surface area contributed by atoms with Crippen molar-refractivity contribution in [3.05, 3.63) is 46.2 Å². The summed E-state index contributed by atoms with van der Waals surface area (Å²) in [4.78, 5) is 12.1. The maximum absolute atomic E-state index is 12.5. The highest BCUT2D eigenvalue weighted by atomic mass is 32.2. The van der Waals surface area contributed by atoms with E-state index >= 15 is 0 Å². The first-order chi connectivity index (χ1) is 12.0. The van der Waals surface area contributed by atoms with Crippen LogP contribution in [0.15, 0.2) is 40.6 Å². The van der Waals surface area contributed by atoms with E-state index in [-0.39, 0.29) is 16.7 Å². The normalized spacial score (nSPS) is 17.2. The third-order valence-electron chi connectivity index (χ3n) is 4.16. The van der Waals surface area contributed by atoms with E-state index in [0.717, 1.165) is 35.5 Å². The summed E-state index contributed by atoms with van der Waals surface area (Å²) in [5.41, 5.74) is 1.10. The molecule has 134 valence electrons. The van der Waals surface area contributed by atoms with Crippen LogP contribution in [0.2, 0.25) is 0 Å². The highest BCUT2D eigenvalue weighted by Gasteiger charge is 2.22. The highest BCUT2D eigenvalue weighted by Crippen LogP contribution is 2.26. The minimum absolute atomic E-state index is 0.126. The Morgan fingerprint density at radius 3 is 2.96 bits per heavy atom. The number of benzene rings is 1. The van der Waals surface area contributed by atoms with E-state index in [1.807, 2.05) is 24.3 Å². The van der Waals surface area contributed by atoms with Gasteiger partial charge in [0.1, 0.15) is 5.75 Å². The largest absolute Gasteiger partial charge is 0.493 e. The molecular weight excluding hydrogens is 360 g/mol. The first-order valence-corrected chi connectivity index (χ1v) is 10.4. The summed E-state index contributed by atoms with van der Waals surface area (Å²) in [6, 6.07) is 9.24. The summed E-state index contributed by atoms with van der Waals surface area (Å²) in [7, 11) is -2.12. The van der Waals surface area contributed by atoms with Crippen molar-refractivity contribution in [2.75, 3.05) is 20.2 Å². The summed E-state index contributed by atoms with van der Waals surface area (Å²) in [6.07, 6.45) is 1.55. The number of hydrogen-bond donors (Lipinski definition) is 2. The van der Waals surface area contributed by atoms with Gasteiger partial charge < -0.3 is 10.1 Å². The lowest BCUT2D eigenvalue weighted by atomic mass is 9.97. The average molecular weight is 380 g/mol. The van der Waals surface area contributed by atoms with Gasteiger partial charge in [0, 0.05) is 19.0 Å². The average Bonchev–Trinajstić information content (AvgIpc) is 3.02. The molecule has 0 radical (unpaired) electrons. The van der Waals surface area contributed by atoms with Gasteiger partial charge in [-0.2, -0.15) is 0 Å². The Bertz CT molecular complexity index is 861. The predicted octanol–water partition coefficient (Wildman–Crippen LogP) is 2.03. The van der Waals surface area contributed by atoms with Gasteiger partial charge in [0.15, 0.2) is 0 Å². The van der Waals surface area contributed by atoms with Crippen molar-refractivity contribution in [1.82, 2.24) is 10.0 Å². The molecule has 0 fully saturated rings. The Hall–Kier alpha value is -1.90. The van der Waals surface area contributed by atoms with Crippen LogP contribution in [0.1, 0.15) is 21.7 Å². The van der Waals surface area contributed by atoms with Crippen molar-refractivity contribution in [2.45, 2.75) is 17.7 Å². The SMILES string of the molecule is CNC(=O)c1cc(S(=O)(=O)NC[C@H]2CCOc3ccccc3C2)cs1. The van der Waals surface area contributed by atoms with Crippen LogP contribution in [0.5, 0.6) is 5.75 Å². The van der Waals surface area contributed by atoms with Gasteiger partial charge in [0.25, 0.3) is 5.91 Å². The minimum Gasteiger partial charge on any atom is -0.493 e. The summed E-state index contributed by atoms with van der Waals surface area (Å²) < 4.78 is 33.3. The molecule has 2 heterocycles. The van der Waals surface area contributed by atoms with Gasteiger partial charge in [0.05, 0.1) is 16.4 Å². The van der Waals surface area contributed by atoms with Gasteiger partial charge in [0.2, 0.25) is 10.0 Å². The zero-order valence-corrected chi connectivity index (χ0v) is 15.5.